The molecule has 1 aromatic rings. The van der Waals surface area contributed by atoms with Gasteiger partial charge in [0.25, 0.3) is 0 Å². The second-order valence-electron chi connectivity index (χ2n) is 6.87. The predicted molar refractivity (Wildman–Crippen MR) is 91.7 cm³/mol. The highest BCUT2D eigenvalue weighted by Gasteiger charge is 2.23. The minimum Gasteiger partial charge on any atom is -0.454 e. The lowest BCUT2D eigenvalue weighted by atomic mass is 10.1. The highest BCUT2D eigenvalue weighted by atomic mass is 16.7. The quantitative estimate of drug-likeness (QED) is 0.889. The van der Waals surface area contributed by atoms with Gasteiger partial charge in [-0.1, -0.05) is 6.07 Å². The Morgan fingerprint density at radius 3 is 2.80 bits per heavy atom. The number of urea groups is 1. The number of fused-ring (bicyclic) bond motifs is 1. The summed E-state index contributed by atoms with van der Waals surface area (Å²) in [6.07, 6.45) is 1.05. The number of carbonyl (C=O) groups excluding carboxylic acids is 1. The van der Waals surface area contributed by atoms with E-state index < -0.39 is 0 Å². The van der Waals surface area contributed by atoms with Gasteiger partial charge in [-0.15, -0.1) is 0 Å². The van der Waals surface area contributed by atoms with Crippen LogP contribution in [0.25, 0.3) is 0 Å². The molecule has 7 nitrogen and oxygen atoms in total. The maximum atomic E-state index is 12.3. The zero-order valence-electron chi connectivity index (χ0n) is 14.4. The van der Waals surface area contributed by atoms with Crippen molar-refractivity contribution in [3.63, 3.8) is 0 Å². The van der Waals surface area contributed by atoms with E-state index in [0.29, 0.717) is 12.7 Å². The van der Waals surface area contributed by atoms with Gasteiger partial charge in [0, 0.05) is 51.8 Å². The molecule has 136 valence electrons. The fourth-order valence-electron chi connectivity index (χ4n) is 3.49. The van der Waals surface area contributed by atoms with E-state index in [1.165, 1.54) is 5.56 Å². The van der Waals surface area contributed by atoms with Crippen LogP contribution in [0.3, 0.4) is 0 Å². The SMILES string of the molecule is O=C(NC[C@H]1CCOC1)N1CCN(Cc2ccc3c(c2)OCO3)CC1. The van der Waals surface area contributed by atoms with Crippen molar-refractivity contribution in [1.29, 1.82) is 0 Å². The summed E-state index contributed by atoms with van der Waals surface area (Å²) in [6, 6.07) is 6.14. The van der Waals surface area contributed by atoms with Gasteiger partial charge in [0.05, 0.1) is 6.61 Å². The second kappa shape index (κ2) is 7.49. The maximum Gasteiger partial charge on any atom is 0.317 e. The number of ether oxygens (including phenoxy) is 3. The van der Waals surface area contributed by atoms with Crippen LogP contribution in [0, 0.1) is 5.92 Å². The molecule has 0 aliphatic carbocycles. The van der Waals surface area contributed by atoms with Crippen molar-refractivity contribution >= 4 is 6.03 Å². The van der Waals surface area contributed by atoms with E-state index in [2.05, 4.69) is 16.3 Å². The summed E-state index contributed by atoms with van der Waals surface area (Å²) in [7, 11) is 0. The van der Waals surface area contributed by atoms with Crippen molar-refractivity contribution < 1.29 is 19.0 Å². The summed E-state index contributed by atoms with van der Waals surface area (Å²) in [5.41, 5.74) is 1.21. The first-order valence-electron chi connectivity index (χ1n) is 8.99. The Bertz CT molecular complexity index is 610. The van der Waals surface area contributed by atoms with Crippen LogP contribution >= 0.6 is 0 Å². The van der Waals surface area contributed by atoms with Crippen LogP contribution in [0.4, 0.5) is 4.79 Å². The number of nitrogens with zero attached hydrogens (tertiary/aromatic N) is 2. The minimum atomic E-state index is 0.0506. The zero-order chi connectivity index (χ0) is 17.1. The van der Waals surface area contributed by atoms with E-state index >= 15 is 0 Å². The van der Waals surface area contributed by atoms with Gasteiger partial charge < -0.3 is 24.4 Å². The van der Waals surface area contributed by atoms with Crippen molar-refractivity contribution in [3.05, 3.63) is 23.8 Å². The number of amides is 2. The first-order chi connectivity index (χ1) is 12.3. The van der Waals surface area contributed by atoms with E-state index in [4.69, 9.17) is 14.2 Å². The molecule has 25 heavy (non-hydrogen) atoms. The summed E-state index contributed by atoms with van der Waals surface area (Å²) < 4.78 is 16.1. The zero-order valence-corrected chi connectivity index (χ0v) is 14.4. The fraction of sp³-hybridized carbons (Fsp3) is 0.611. The summed E-state index contributed by atoms with van der Waals surface area (Å²) in [4.78, 5) is 16.5. The van der Waals surface area contributed by atoms with Gasteiger partial charge in [-0.2, -0.15) is 0 Å². The monoisotopic (exact) mass is 347 g/mol. The van der Waals surface area contributed by atoms with Crippen molar-refractivity contribution in [3.8, 4) is 11.5 Å². The lowest BCUT2D eigenvalue weighted by molar-refractivity contribution is 0.134. The number of nitrogens with one attached hydrogen (secondary N) is 1. The molecule has 7 heteroatoms. The molecule has 1 N–H and O–H groups in total. The molecule has 0 saturated carbocycles. The third-order valence-electron chi connectivity index (χ3n) is 5.07. The Labute approximate surface area is 147 Å². The number of hydrogen-bond acceptors (Lipinski definition) is 5. The molecule has 1 aromatic carbocycles. The molecule has 3 aliphatic heterocycles. The number of hydrogen-bond donors (Lipinski definition) is 1. The smallest absolute Gasteiger partial charge is 0.317 e. The Kier molecular flexibility index (Phi) is 4.94. The topological polar surface area (TPSA) is 63.3 Å². The highest BCUT2D eigenvalue weighted by molar-refractivity contribution is 5.74. The van der Waals surface area contributed by atoms with Gasteiger partial charge >= 0.3 is 6.03 Å². The number of piperazine rings is 1. The molecule has 2 amide bonds. The molecule has 0 aromatic heterocycles. The number of benzene rings is 1. The molecule has 1 atom stereocenters. The lowest BCUT2D eigenvalue weighted by Crippen LogP contribution is -2.52. The summed E-state index contributed by atoms with van der Waals surface area (Å²) in [5, 5.41) is 3.05. The normalized spacial score (nSPS) is 23.0. The average Bonchev–Trinajstić information content (AvgIpc) is 3.31. The summed E-state index contributed by atoms with van der Waals surface area (Å²) >= 11 is 0. The molecule has 3 heterocycles. The van der Waals surface area contributed by atoms with E-state index in [1.807, 2.05) is 17.0 Å². The Morgan fingerprint density at radius 2 is 2.00 bits per heavy atom. The summed E-state index contributed by atoms with van der Waals surface area (Å²) in [6.45, 7) is 6.77. The van der Waals surface area contributed by atoms with Crippen LogP contribution in [-0.4, -0.2) is 68.6 Å². The number of carbonyl (C=O) groups is 1. The van der Waals surface area contributed by atoms with Gasteiger partial charge in [0.2, 0.25) is 6.79 Å². The largest absolute Gasteiger partial charge is 0.454 e. The van der Waals surface area contributed by atoms with Crippen molar-refractivity contribution in [1.82, 2.24) is 15.1 Å². The first kappa shape index (κ1) is 16.5. The van der Waals surface area contributed by atoms with Gasteiger partial charge in [-0.25, -0.2) is 4.79 Å². The predicted octanol–water partition coefficient (Wildman–Crippen LogP) is 1.28. The van der Waals surface area contributed by atoms with E-state index in [0.717, 1.165) is 70.4 Å². The molecule has 4 rings (SSSR count). The van der Waals surface area contributed by atoms with Crippen molar-refractivity contribution in [2.75, 3.05) is 52.7 Å². The lowest BCUT2D eigenvalue weighted by Gasteiger charge is -2.34. The first-order valence-corrected chi connectivity index (χ1v) is 8.99. The van der Waals surface area contributed by atoms with Crippen LogP contribution in [0.2, 0.25) is 0 Å². The third kappa shape index (κ3) is 3.99. The van der Waals surface area contributed by atoms with Gasteiger partial charge in [-0.3, -0.25) is 4.90 Å². The Balaban J connectivity index is 1.22. The molecule has 0 unspecified atom stereocenters. The molecule has 2 fully saturated rings. The van der Waals surface area contributed by atoms with Gasteiger partial charge in [0.15, 0.2) is 11.5 Å². The molecule has 3 aliphatic rings. The molecule has 0 spiro atoms. The van der Waals surface area contributed by atoms with Crippen LogP contribution in [0.1, 0.15) is 12.0 Å². The standard InChI is InChI=1S/C18H25N3O4/c22-18(19-10-15-3-8-23-12-15)21-6-4-20(5-7-21)11-14-1-2-16-17(9-14)25-13-24-16/h1-2,9,15H,3-8,10-13H2,(H,19,22)/t15-/m1/s1. The van der Waals surface area contributed by atoms with Crippen LogP contribution in [0.5, 0.6) is 11.5 Å². The van der Waals surface area contributed by atoms with Crippen LogP contribution in [-0.2, 0) is 11.3 Å². The molecule has 2 saturated heterocycles. The Hall–Kier alpha value is -1.99. The van der Waals surface area contributed by atoms with Crippen LogP contribution < -0.4 is 14.8 Å². The van der Waals surface area contributed by atoms with E-state index in [9.17, 15) is 4.79 Å². The van der Waals surface area contributed by atoms with Gasteiger partial charge in [0.1, 0.15) is 0 Å². The third-order valence-corrected chi connectivity index (χ3v) is 5.07. The van der Waals surface area contributed by atoms with E-state index in [-0.39, 0.29) is 6.03 Å². The van der Waals surface area contributed by atoms with Crippen molar-refractivity contribution in [2.45, 2.75) is 13.0 Å². The maximum absolute atomic E-state index is 12.3. The van der Waals surface area contributed by atoms with E-state index in [1.54, 1.807) is 0 Å². The fourth-order valence-corrected chi connectivity index (χ4v) is 3.49. The molecular formula is C18H25N3O4. The molecular weight excluding hydrogens is 322 g/mol. The van der Waals surface area contributed by atoms with Crippen molar-refractivity contribution in [2.24, 2.45) is 5.92 Å². The number of rotatable bonds is 4. The molecule has 0 bridgehead atoms. The highest BCUT2D eigenvalue weighted by Crippen LogP contribution is 2.32. The minimum absolute atomic E-state index is 0.0506. The van der Waals surface area contributed by atoms with Gasteiger partial charge in [-0.05, 0) is 24.1 Å². The molecule has 0 radical (unpaired) electrons. The average molecular weight is 347 g/mol. The second-order valence-corrected chi connectivity index (χ2v) is 6.87. The Morgan fingerprint density at radius 1 is 1.16 bits per heavy atom. The van der Waals surface area contributed by atoms with Crippen LogP contribution in [0.15, 0.2) is 18.2 Å². The summed E-state index contributed by atoms with van der Waals surface area (Å²) in [5.74, 6) is 2.11.